The van der Waals surface area contributed by atoms with E-state index in [0.717, 1.165) is 33.9 Å². The molecule has 0 atom stereocenters. The Balaban J connectivity index is 1.82. The van der Waals surface area contributed by atoms with Gasteiger partial charge in [-0.2, -0.15) is 18.4 Å². The number of carbonyl (C=O) groups excluding carboxylic acids is 1. The third-order valence-electron chi connectivity index (χ3n) is 4.17. The number of sulfonamides is 1. The van der Waals surface area contributed by atoms with Crippen LogP contribution < -0.4 is 9.73 Å². The summed E-state index contributed by atoms with van der Waals surface area (Å²) in [5, 5.41) is 5.37. The molecule has 0 unspecified atom stereocenters. The Morgan fingerprint density at radius 3 is 2.61 bits per heavy atom. The second kappa shape index (κ2) is 8.90. The van der Waals surface area contributed by atoms with E-state index in [1.54, 1.807) is 26.0 Å². The Bertz CT molecular complexity index is 1270. The van der Waals surface area contributed by atoms with Gasteiger partial charge in [-0.05, 0) is 43.2 Å². The second-order valence-corrected chi connectivity index (χ2v) is 9.09. The van der Waals surface area contributed by atoms with E-state index in [9.17, 15) is 22.0 Å². The molecular weight excluding hydrogens is 446 g/mol. The molecule has 1 amide bonds. The number of thiazole rings is 1. The van der Waals surface area contributed by atoms with Crippen LogP contribution in [-0.4, -0.2) is 25.5 Å². The van der Waals surface area contributed by atoms with Gasteiger partial charge < -0.3 is 0 Å². The standard InChI is InChI=1S/C20H18F2N4O3S2/c1-12-4-5-13(2)19(8-12)31(28,29)25-23-10-16-11-30-20(24-16)26(14(3)27)18-7-6-15(21)9-17(18)22/h4-11,25H,1-3H3/b23-10+. The van der Waals surface area contributed by atoms with Crippen LogP contribution in [-0.2, 0) is 14.8 Å². The summed E-state index contributed by atoms with van der Waals surface area (Å²) in [6.45, 7) is 4.68. The van der Waals surface area contributed by atoms with E-state index in [2.05, 4.69) is 14.9 Å². The van der Waals surface area contributed by atoms with Gasteiger partial charge in [0.05, 0.1) is 22.5 Å². The molecule has 0 aliphatic rings. The van der Waals surface area contributed by atoms with Crippen LogP contribution in [0.4, 0.5) is 19.6 Å². The Morgan fingerprint density at radius 2 is 1.94 bits per heavy atom. The molecule has 3 rings (SSSR count). The minimum Gasteiger partial charge on any atom is -0.274 e. The molecule has 3 aromatic rings. The average Bonchev–Trinajstić information content (AvgIpc) is 3.13. The van der Waals surface area contributed by atoms with Crippen molar-refractivity contribution in [3.63, 3.8) is 0 Å². The zero-order chi connectivity index (χ0) is 22.8. The molecule has 0 saturated carbocycles. The second-order valence-electron chi connectivity index (χ2n) is 6.63. The summed E-state index contributed by atoms with van der Waals surface area (Å²) in [5.41, 5.74) is 1.46. The lowest BCUT2D eigenvalue weighted by molar-refractivity contribution is -0.115. The molecule has 0 saturated heterocycles. The summed E-state index contributed by atoms with van der Waals surface area (Å²) in [5.74, 6) is -2.21. The van der Waals surface area contributed by atoms with Crippen molar-refractivity contribution in [2.24, 2.45) is 5.10 Å². The quantitative estimate of drug-likeness (QED) is 0.440. The Morgan fingerprint density at radius 1 is 1.19 bits per heavy atom. The maximum Gasteiger partial charge on any atom is 0.276 e. The first-order valence-electron chi connectivity index (χ1n) is 8.92. The highest BCUT2D eigenvalue weighted by atomic mass is 32.2. The first-order chi connectivity index (χ1) is 14.6. The van der Waals surface area contributed by atoms with Gasteiger partial charge in [-0.3, -0.25) is 9.69 Å². The SMILES string of the molecule is CC(=O)N(c1nc(/C=N/NS(=O)(=O)c2cc(C)ccc2C)cs1)c1ccc(F)cc1F. The minimum absolute atomic E-state index is 0.109. The van der Waals surface area contributed by atoms with Crippen LogP contribution in [0, 0.1) is 25.5 Å². The van der Waals surface area contributed by atoms with E-state index >= 15 is 0 Å². The number of anilines is 2. The topological polar surface area (TPSA) is 91.7 Å². The predicted molar refractivity (Wildman–Crippen MR) is 115 cm³/mol. The van der Waals surface area contributed by atoms with Gasteiger partial charge in [0, 0.05) is 18.4 Å². The molecule has 162 valence electrons. The largest absolute Gasteiger partial charge is 0.276 e. The number of hydrazone groups is 1. The van der Waals surface area contributed by atoms with Crippen molar-refractivity contribution in [1.82, 2.24) is 9.82 Å². The van der Waals surface area contributed by atoms with Gasteiger partial charge in [-0.15, -0.1) is 11.3 Å². The smallest absolute Gasteiger partial charge is 0.274 e. The number of carbonyl (C=O) groups is 1. The van der Waals surface area contributed by atoms with Crippen molar-refractivity contribution in [3.05, 3.63) is 70.2 Å². The molecular formula is C20H18F2N4O3S2. The molecule has 0 bridgehead atoms. The highest BCUT2D eigenvalue weighted by Crippen LogP contribution is 2.31. The van der Waals surface area contributed by atoms with E-state index in [1.807, 2.05) is 0 Å². The number of nitrogens with zero attached hydrogens (tertiary/aromatic N) is 3. The van der Waals surface area contributed by atoms with Crippen LogP contribution in [0.15, 0.2) is 51.8 Å². The number of rotatable bonds is 6. The van der Waals surface area contributed by atoms with Crippen LogP contribution in [0.3, 0.4) is 0 Å². The summed E-state index contributed by atoms with van der Waals surface area (Å²) in [6.07, 6.45) is 1.17. The van der Waals surface area contributed by atoms with E-state index < -0.39 is 27.6 Å². The van der Waals surface area contributed by atoms with E-state index in [1.165, 1.54) is 24.6 Å². The molecule has 1 N–H and O–H groups in total. The van der Waals surface area contributed by atoms with Gasteiger partial charge in [0.2, 0.25) is 5.91 Å². The number of halogens is 2. The molecule has 0 aliphatic heterocycles. The van der Waals surface area contributed by atoms with Gasteiger partial charge in [0.25, 0.3) is 10.0 Å². The zero-order valence-electron chi connectivity index (χ0n) is 16.8. The van der Waals surface area contributed by atoms with Crippen LogP contribution in [0.5, 0.6) is 0 Å². The number of nitrogens with one attached hydrogen (secondary N) is 1. The molecule has 11 heteroatoms. The van der Waals surface area contributed by atoms with Crippen LogP contribution in [0.1, 0.15) is 23.7 Å². The fourth-order valence-electron chi connectivity index (χ4n) is 2.72. The molecule has 0 radical (unpaired) electrons. The van der Waals surface area contributed by atoms with Gasteiger partial charge in [0.1, 0.15) is 11.6 Å². The lowest BCUT2D eigenvalue weighted by Crippen LogP contribution is -2.23. The van der Waals surface area contributed by atoms with Crippen molar-refractivity contribution >= 4 is 44.3 Å². The van der Waals surface area contributed by atoms with Gasteiger partial charge in [-0.25, -0.2) is 13.8 Å². The van der Waals surface area contributed by atoms with E-state index in [4.69, 9.17) is 0 Å². The molecule has 1 heterocycles. The van der Waals surface area contributed by atoms with Crippen molar-refractivity contribution in [1.29, 1.82) is 0 Å². The molecule has 0 spiro atoms. The summed E-state index contributed by atoms with van der Waals surface area (Å²) in [4.78, 5) is 19.5. The molecule has 0 fully saturated rings. The number of aryl methyl sites for hydroxylation is 2. The Hall–Kier alpha value is -3.18. The Labute approximate surface area is 182 Å². The van der Waals surface area contributed by atoms with Crippen molar-refractivity contribution in [2.75, 3.05) is 4.90 Å². The maximum atomic E-state index is 14.1. The monoisotopic (exact) mass is 464 g/mol. The van der Waals surface area contributed by atoms with Crippen molar-refractivity contribution in [3.8, 4) is 0 Å². The van der Waals surface area contributed by atoms with Crippen LogP contribution in [0.25, 0.3) is 0 Å². The third kappa shape index (κ3) is 5.12. The van der Waals surface area contributed by atoms with E-state index in [0.29, 0.717) is 11.6 Å². The van der Waals surface area contributed by atoms with Crippen LogP contribution >= 0.6 is 11.3 Å². The minimum atomic E-state index is -3.88. The van der Waals surface area contributed by atoms with Crippen LogP contribution in [0.2, 0.25) is 0 Å². The molecule has 2 aromatic carbocycles. The number of benzene rings is 2. The molecule has 31 heavy (non-hydrogen) atoms. The first kappa shape index (κ1) is 22.5. The van der Waals surface area contributed by atoms with Crippen molar-refractivity contribution < 1.29 is 22.0 Å². The number of aromatic nitrogens is 1. The van der Waals surface area contributed by atoms with Gasteiger partial charge in [-0.1, -0.05) is 12.1 Å². The summed E-state index contributed by atoms with van der Waals surface area (Å²) in [6, 6.07) is 7.88. The van der Waals surface area contributed by atoms with Gasteiger partial charge in [0.15, 0.2) is 5.13 Å². The third-order valence-corrected chi connectivity index (χ3v) is 6.38. The van der Waals surface area contributed by atoms with Crippen molar-refractivity contribution in [2.45, 2.75) is 25.7 Å². The highest BCUT2D eigenvalue weighted by molar-refractivity contribution is 7.89. The van der Waals surface area contributed by atoms with Gasteiger partial charge >= 0.3 is 0 Å². The number of amides is 1. The number of hydrogen-bond acceptors (Lipinski definition) is 6. The summed E-state index contributed by atoms with van der Waals surface area (Å²) < 4.78 is 52.3. The predicted octanol–water partition coefficient (Wildman–Crippen LogP) is 4.04. The fraction of sp³-hybridized carbons (Fsp3) is 0.150. The fourth-order valence-corrected chi connectivity index (χ4v) is 4.67. The summed E-state index contributed by atoms with van der Waals surface area (Å²) >= 11 is 1.02. The zero-order valence-corrected chi connectivity index (χ0v) is 18.4. The Kier molecular flexibility index (Phi) is 6.46. The molecule has 0 aliphatic carbocycles. The summed E-state index contributed by atoms with van der Waals surface area (Å²) in [7, 11) is -3.88. The number of hydrogen-bond donors (Lipinski definition) is 1. The molecule has 1 aromatic heterocycles. The highest BCUT2D eigenvalue weighted by Gasteiger charge is 2.21. The lowest BCUT2D eigenvalue weighted by atomic mass is 10.2. The molecule has 7 nitrogen and oxygen atoms in total. The first-order valence-corrected chi connectivity index (χ1v) is 11.3. The van der Waals surface area contributed by atoms with E-state index in [-0.39, 0.29) is 21.4 Å². The average molecular weight is 465 g/mol. The maximum absolute atomic E-state index is 14.1. The normalized spacial score (nSPS) is 11.6. The lowest BCUT2D eigenvalue weighted by Gasteiger charge is -2.18.